The van der Waals surface area contributed by atoms with Crippen molar-refractivity contribution in [1.82, 2.24) is 4.98 Å². The van der Waals surface area contributed by atoms with Crippen molar-refractivity contribution in [2.45, 2.75) is 27.7 Å². The molecule has 0 aliphatic carbocycles. The highest BCUT2D eigenvalue weighted by Crippen LogP contribution is 1.99. The summed E-state index contributed by atoms with van der Waals surface area (Å²) in [6.07, 6.45) is 2.33. The molecular weight excluding hydrogens is 158 g/mol. The zero-order valence-corrected chi connectivity index (χ0v) is 8.31. The van der Waals surface area contributed by atoms with E-state index in [4.69, 9.17) is 0 Å². The van der Waals surface area contributed by atoms with Crippen LogP contribution in [0.1, 0.15) is 37.4 Å². The molecule has 0 fully saturated rings. The number of hydrogen-bond donors (Lipinski definition) is 0. The Morgan fingerprint density at radius 2 is 1.91 bits per heavy atom. The maximum absolute atomic E-state index is 9.84. The van der Waals surface area contributed by atoms with Crippen LogP contribution in [0.25, 0.3) is 0 Å². The molecule has 0 radical (unpaired) electrons. The molecule has 0 bridgehead atoms. The first-order valence-electron chi connectivity index (χ1n) is 3.77. The summed E-state index contributed by atoms with van der Waals surface area (Å²) in [5.74, 6) is 0. The Labute approximate surface area is 72.3 Å². The van der Waals surface area contributed by atoms with Gasteiger partial charge in [0.25, 0.3) is 0 Å². The SMILES string of the molecule is CC.CC.O=Cc1cncs1. The van der Waals surface area contributed by atoms with Crippen molar-refractivity contribution in [2.75, 3.05) is 0 Å². The Morgan fingerprint density at radius 1 is 1.36 bits per heavy atom. The van der Waals surface area contributed by atoms with Crippen molar-refractivity contribution in [3.8, 4) is 0 Å². The van der Waals surface area contributed by atoms with Crippen LogP contribution in [0.4, 0.5) is 0 Å². The molecule has 0 aliphatic rings. The van der Waals surface area contributed by atoms with E-state index in [1.54, 1.807) is 5.51 Å². The van der Waals surface area contributed by atoms with Crippen LogP contribution in [0.2, 0.25) is 0 Å². The third-order valence-corrected chi connectivity index (χ3v) is 1.27. The molecule has 3 heteroatoms. The van der Waals surface area contributed by atoms with Crippen LogP contribution in [0.15, 0.2) is 11.7 Å². The van der Waals surface area contributed by atoms with E-state index < -0.39 is 0 Å². The average molecular weight is 173 g/mol. The number of nitrogens with zero attached hydrogens (tertiary/aromatic N) is 1. The summed E-state index contributed by atoms with van der Waals surface area (Å²) in [6, 6.07) is 0. The fourth-order valence-corrected chi connectivity index (χ4v) is 0.705. The average Bonchev–Trinajstić information content (AvgIpc) is 2.63. The number of carbonyl (C=O) groups excluding carboxylic acids is 1. The Kier molecular flexibility index (Phi) is 14.1. The number of rotatable bonds is 1. The lowest BCUT2D eigenvalue weighted by atomic mass is 10.6. The fraction of sp³-hybridized carbons (Fsp3) is 0.500. The summed E-state index contributed by atoms with van der Waals surface area (Å²) in [4.78, 5) is 14.2. The van der Waals surface area contributed by atoms with Crippen LogP contribution in [-0.2, 0) is 0 Å². The Balaban J connectivity index is 0. The van der Waals surface area contributed by atoms with Gasteiger partial charge in [0.05, 0.1) is 10.4 Å². The standard InChI is InChI=1S/C4H3NOS.2C2H6/c6-2-4-1-5-3-7-4;2*1-2/h1-3H;2*1-2H3. The van der Waals surface area contributed by atoms with Gasteiger partial charge < -0.3 is 0 Å². The highest BCUT2D eigenvalue weighted by molar-refractivity contribution is 7.11. The first-order chi connectivity index (χ1) is 5.43. The van der Waals surface area contributed by atoms with Crippen LogP contribution in [0.3, 0.4) is 0 Å². The number of aromatic nitrogens is 1. The molecule has 0 unspecified atom stereocenters. The molecular formula is C8H15NOS. The maximum Gasteiger partial charge on any atom is 0.161 e. The number of hydrogen-bond acceptors (Lipinski definition) is 3. The van der Waals surface area contributed by atoms with E-state index in [1.807, 2.05) is 27.7 Å². The molecule has 1 heterocycles. The third kappa shape index (κ3) is 7.19. The number of aldehydes is 1. The zero-order valence-electron chi connectivity index (χ0n) is 7.50. The summed E-state index contributed by atoms with van der Waals surface area (Å²) in [6.45, 7) is 8.00. The molecule has 0 saturated heterocycles. The van der Waals surface area contributed by atoms with E-state index in [0.29, 0.717) is 4.88 Å². The molecule has 0 aliphatic heterocycles. The molecule has 0 amide bonds. The number of carbonyl (C=O) groups is 1. The second kappa shape index (κ2) is 12.0. The van der Waals surface area contributed by atoms with Gasteiger partial charge in [0, 0.05) is 6.20 Å². The van der Waals surface area contributed by atoms with E-state index in [-0.39, 0.29) is 0 Å². The third-order valence-electron chi connectivity index (χ3n) is 0.568. The Bertz CT molecular complexity index is 149. The molecule has 2 nitrogen and oxygen atoms in total. The first-order valence-corrected chi connectivity index (χ1v) is 4.65. The highest BCUT2D eigenvalue weighted by Gasteiger charge is 1.84. The minimum atomic E-state index is 0.681. The summed E-state index contributed by atoms with van der Waals surface area (Å²) in [5.41, 5.74) is 1.63. The van der Waals surface area contributed by atoms with Gasteiger partial charge in [-0.3, -0.25) is 9.78 Å². The van der Waals surface area contributed by atoms with Crippen molar-refractivity contribution in [1.29, 1.82) is 0 Å². The maximum atomic E-state index is 9.84. The van der Waals surface area contributed by atoms with Gasteiger partial charge in [-0.2, -0.15) is 0 Å². The quantitative estimate of drug-likeness (QED) is 0.611. The minimum absolute atomic E-state index is 0.681. The lowest BCUT2D eigenvalue weighted by Crippen LogP contribution is -1.63. The van der Waals surface area contributed by atoms with Crippen LogP contribution in [0.5, 0.6) is 0 Å². The zero-order chi connectivity index (χ0) is 9.11. The van der Waals surface area contributed by atoms with Gasteiger partial charge in [0.2, 0.25) is 0 Å². The predicted octanol–water partition coefficient (Wildman–Crippen LogP) is 3.01. The molecule has 64 valence electrons. The smallest absolute Gasteiger partial charge is 0.161 e. The summed E-state index contributed by atoms with van der Waals surface area (Å²) in [5, 5.41) is 0. The van der Waals surface area contributed by atoms with Gasteiger partial charge >= 0.3 is 0 Å². The fourth-order valence-electron chi connectivity index (χ4n) is 0.284. The lowest BCUT2D eigenvalue weighted by molar-refractivity contribution is 0.112. The van der Waals surface area contributed by atoms with Crippen molar-refractivity contribution in [3.63, 3.8) is 0 Å². The van der Waals surface area contributed by atoms with E-state index in [2.05, 4.69) is 4.98 Å². The molecule has 1 aromatic heterocycles. The normalized spacial score (nSPS) is 6.55. The summed E-state index contributed by atoms with van der Waals surface area (Å²) in [7, 11) is 0. The van der Waals surface area contributed by atoms with E-state index in [1.165, 1.54) is 17.5 Å². The van der Waals surface area contributed by atoms with Gasteiger partial charge in [-0.1, -0.05) is 27.7 Å². The van der Waals surface area contributed by atoms with Gasteiger partial charge in [0.15, 0.2) is 6.29 Å². The van der Waals surface area contributed by atoms with Crippen molar-refractivity contribution in [2.24, 2.45) is 0 Å². The van der Waals surface area contributed by atoms with Gasteiger partial charge in [0.1, 0.15) is 0 Å². The Morgan fingerprint density at radius 3 is 2.09 bits per heavy atom. The monoisotopic (exact) mass is 173 g/mol. The van der Waals surface area contributed by atoms with Gasteiger partial charge in [-0.15, -0.1) is 11.3 Å². The summed E-state index contributed by atoms with van der Waals surface area (Å²) < 4.78 is 0. The second-order valence-electron chi connectivity index (χ2n) is 1.02. The van der Waals surface area contributed by atoms with Crippen LogP contribution >= 0.6 is 11.3 Å². The minimum Gasteiger partial charge on any atom is -0.297 e. The Hall–Kier alpha value is -0.700. The molecule has 1 rings (SSSR count). The number of thiazole rings is 1. The largest absolute Gasteiger partial charge is 0.297 e. The lowest BCUT2D eigenvalue weighted by Gasteiger charge is -1.63. The van der Waals surface area contributed by atoms with E-state index in [0.717, 1.165) is 6.29 Å². The van der Waals surface area contributed by atoms with Crippen LogP contribution in [0, 0.1) is 0 Å². The van der Waals surface area contributed by atoms with E-state index >= 15 is 0 Å². The van der Waals surface area contributed by atoms with E-state index in [9.17, 15) is 4.79 Å². The molecule has 0 saturated carbocycles. The van der Waals surface area contributed by atoms with Crippen LogP contribution in [-0.4, -0.2) is 11.3 Å². The van der Waals surface area contributed by atoms with Crippen molar-refractivity contribution < 1.29 is 4.79 Å². The highest BCUT2D eigenvalue weighted by atomic mass is 32.1. The second-order valence-corrected chi connectivity index (χ2v) is 1.94. The summed E-state index contributed by atoms with van der Waals surface area (Å²) >= 11 is 1.34. The molecule has 0 aromatic carbocycles. The topological polar surface area (TPSA) is 30.0 Å². The van der Waals surface area contributed by atoms with Gasteiger partial charge in [-0.05, 0) is 0 Å². The van der Waals surface area contributed by atoms with Crippen LogP contribution < -0.4 is 0 Å². The molecule has 1 aromatic rings. The molecule has 0 N–H and O–H groups in total. The molecule has 11 heavy (non-hydrogen) atoms. The van der Waals surface area contributed by atoms with Gasteiger partial charge in [-0.25, -0.2) is 0 Å². The first kappa shape index (κ1) is 12.9. The van der Waals surface area contributed by atoms with Crippen molar-refractivity contribution in [3.05, 3.63) is 16.6 Å². The molecule has 0 atom stereocenters. The predicted molar refractivity (Wildman–Crippen MR) is 50.2 cm³/mol. The molecule has 0 spiro atoms. The van der Waals surface area contributed by atoms with Crippen molar-refractivity contribution >= 4 is 17.6 Å².